The van der Waals surface area contributed by atoms with Crippen LogP contribution >= 0.6 is 24.0 Å². The van der Waals surface area contributed by atoms with Crippen molar-refractivity contribution in [3.63, 3.8) is 0 Å². The molecule has 0 spiro atoms. The summed E-state index contributed by atoms with van der Waals surface area (Å²) in [6.45, 7) is 6.95. The van der Waals surface area contributed by atoms with Crippen LogP contribution in [-0.4, -0.2) is 37.9 Å². The van der Waals surface area contributed by atoms with Crippen LogP contribution in [0.3, 0.4) is 0 Å². The maximum absolute atomic E-state index is 11.5. The Morgan fingerprint density at radius 1 is 1.28 bits per heavy atom. The third-order valence-electron chi connectivity index (χ3n) is 2.87. The summed E-state index contributed by atoms with van der Waals surface area (Å²) in [6, 6.07) is 7.74. The molecule has 0 heterocycles. The highest BCUT2D eigenvalue weighted by Crippen LogP contribution is 2.15. The number of amides is 1. The van der Waals surface area contributed by atoms with Crippen molar-refractivity contribution in [2.45, 2.75) is 39.4 Å². The van der Waals surface area contributed by atoms with Gasteiger partial charge in [0.25, 0.3) is 0 Å². The van der Waals surface area contributed by atoms with Gasteiger partial charge in [0.15, 0.2) is 5.96 Å². The molecule has 0 saturated heterocycles. The number of alkyl carbamates (subject to hydrolysis) is 1. The van der Waals surface area contributed by atoms with Crippen LogP contribution in [0.15, 0.2) is 29.3 Å². The molecule has 0 bridgehead atoms. The summed E-state index contributed by atoms with van der Waals surface area (Å²) < 4.78 is 10.3. The van der Waals surface area contributed by atoms with Gasteiger partial charge in [-0.2, -0.15) is 0 Å². The zero-order valence-electron chi connectivity index (χ0n) is 15.3. The zero-order chi connectivity index (χ0) is 18.0. The molecule has 0 aliphatic heterocycles. The topological polar surface area (TPSA) is 98.0 Å². The van der Waals surface area contributed by atoms with Gasteiger partial charge >= 0.3 is 6.09 Å². The molecular weight excluding hydrogens is 435 g/mol. The minimum absolute atomic E-state index is 0. The summed E-state index contributed by atoms with van der Waals surface area (Å²) in [7, 11) is 1.64. The quantitative estimate of drug-likeness (QED) is 0.249. The number of anilines is 1. The first-order valence-corrected chi connectivity index (χ1v) is 7.92. The van der Waals surface area contributed by atoms with Gasteiger partial charge < -0.3 is 25.8 Å². The van der Waals surface area contributed by atoms with Gasteiger partial charge in [-0.3, -0.25) is 4.99 Å². The summed E-state index contributed by atoms with van der Waals surface area (Å²) in [5.74, 6) is 0.329. The molecule has 1 aromatic rings. The molecule has 8 heteroatoms. The first-order valence-electron chi connectivity index (χ1n) is 7.92. The number of guanidine groups is 1. The standard InChI is InChI=1S/C17H28N4O3.HI/c1-17(2,3)24-16(22)20-11-7-10-19-15(18)21-14-9-6-5-8-13(14)12-23-4;/h5-6,8-9H,7,10-12H2,1-4H3,(H,20,22)(H3,18,19,21);1H. The molecule has 0 unspecified atom stereocenters. The van der Waals surface area contributed by atoms with E-state index in [1.807, 2.05) is 45.0 Å². The predicted molar refractivity (Wildman–Crippen MR) is 112 cm³/mol. The highest BCUT2D eigenvalue weighted by Gasteiger charge is 2.15. The summed E-state index contributed by atoms with van der Waals surface area (Å²) in [5.41, 5.74) is 7.26. The van der Waals surface area contributed by atoms with Gasteiger partial charge in [0.1, 0.15) is 5.60 Å². The maximum atomic E-state index is 11.5. The van der Waals surface area contributed by atoms with Gasteiger partial charge in [-0.15, -0.1) is 24.0 Å². The molecule has 0 fully saturated rings. The second-order valence-electron chi connectivity index (χ2n) is 6.26. The van der Waals surface area contributed by atoms with E-state index in [9.17, 15) is 4.79 Å². The third-order valence-corrected chi connectivity index (χ3v) is 2.87. The minimum Gasteiger partial charge on any atom is -0.444 e. The molecule has 4 N–H and O–H groups in total. The van der Waals surface area contributed by atoms with E-state index >= 15 is 0 Å². The van der Waals surface area contributed by atoms with Crippen molar-refractivity contribution in [2.24, 2.45) is 10.7 Å². The molecule has 1 aromatic carbocycles. The largest absolute Gasteiger partial charge is 0.444 e. The molecule has 0 aromatic heterocycles. The van der Waals surface area contributed by atoms with Crippen LogP contribution in [0, 0.1) is 0 Å². The Kier molecular flexibility index (Phi) is 11.2. The molecule has 7 nitrogen and oxygen atoms in total. The summed E-state index contributed by atoms with van der Waals surface area (Å²) in [6.07, 6.45) is 0.243. The van der Waals surface area contributed by atoms with Crippen molar-refractivity contribution in [2.75, 3.05) is 25.5 Å². The number of benzene rings is 1. The number of ether oxygens (including phenoxy) is 2. The highest BCUT2D eigenvalue weighted by atomic mass is 127. The van der Waals surface area contributed by atoms with E-state index in [-0.39, 0.29) is 24.0 Å². The molecule has 0 saturated carbocycles. The molecule has 0 atom stereocenters. The average Bonchev–Trinajstić information content (AvgIpc) is 2.47. The SMILES string of the molecule is COCc1ccccc1NC(N)=NCCCNC(=O)OC(C)(C)C.I. The van der Waals surface area contributed by atoms with E-state index in [0.717, 1.165) is 11.3 Å². The second-order valence-corrected chi connectivity index (χ2v) is 6.26. The normalized spacial score (nSPS) is 11.4. The monoisotopic (exact) mass is 464 g/mol. The number of hydrogen-bond acceptors (Lipinski definition) is 4. The smallest absolute Gasteiger partial charge is 0.407 e. The van der Waals surface area contributed by atoms with E-state index in [0.29, 0.717) is 32.1 Å². The molecular formula is C17H29IN4O3. The molecule has 0 aliphatic carbocycles. The zero-order valence-corrected chi connectivity index (χ0v) is 17.6. The first-order chi connectivity index (χ1) is 11.3. The highest BCUT2D eigenvalue weighted by molar-refractivity contribution is 14.0. The summed E-state index contributed by atoms with van der Waals surface area (Å²) >= 11 is 0. The van der Waals surface area contributed by atoms with Crippen molar-refractivity contribution in [1.82, 2.24) is 5.32 Å². The number of nitrogens with two attached hydrogens (primary N) is 1. The van der Waals surface area contributed by atoms with Crippen LogP contribution in [0.5, 0.6) is 0 Å². The van der Waals surface area contributed by atoms with E-state index in [1.165, 1.54) is 0 Å². The van der Waals surface area contributed by atoms with E-state index in [1.54, 1.807) is 7.11 Å². The Hall–Kier alpha value is -1.55. The number of aliphatic imine (C=N–C) groups is 1. The Bertz CT molecular complexity index is 559. The van der Waals surface area contributed by atoms with Gasteiger partial charge in [-0.25, -0.2) is 4.79 Å². The molecule has 0 aliphatic rings. The summed E-state index contributed by atoms with van der Waals surface area (Å²) in [4.78, 5) is 15.7. The van der Waals surface area contributed by atoms with Crippen LogP contribution < -0.4 is 16.4 Å². The van der Waals surface area contributed by atoms with Crippen molar-refractivity contribution in [1.29, 1.82) is 0 Å². The predicted octanol–water partition coefficient (Wildman–Crippen LogP) is 3.09. The van der Waals surface area contributed by atoms with Crippen LogP contribution in [0.2, 0.25) is 0 Å². The number of rotatable bonds is 7. The number of methoxy groups -OCH3 is 1. The molecule has 1 rings (SSSR count). The first kappa shape index (κ1) is 23.4. The number of carbonyl (C=O) groups excluding carboxylic acids is 1. The number of hydrogen-bond donors (Lipinski definition) is 3. The Morgan fingerprint density at radius 2 is 1.96 bits per heavy atom. The van der Waals surface area contributed by atoms with Crippen molar-refractivity contribution in [3.05, 3.63) is 29.8 Å². The third kappa shape index (κ3) is 10.8. The lowest BCUT2D eigenvalue weighted by molar-refractivity contribution is 0.0527. The van der Waals surface area contributed by atoms with E-state index in [4.69, 9.17) is 15.2 Å². The lowest BCUT2D eigenvalue weighted by Crippen LogP contribution is -2.33. The average molecular weight is 464 g/mol. The molecule has 142 valence electrons. The van der Waals surface area contributed by atoms with Gasteiger partial charge in [0.2, 0.25) is 0 Å². The molecule has 0 radical (unpaired) electrons. The Labute approximate surface area is 166 Å². The molecule has 1 amide bonds. The number of carbonyl (C=O) groups is 1. The van der Waals surface area contributed by atoms with Crippen LogP contribution in [0.1, 0.15) is 32.8 Å². The fraction of sp³-hybridized carbons (Fsp3) is 0.529. The van der Waals surface area contributed by atoms with Crippen molar-refractivity contribution in [3.8, 4) is 0 Å². The molecule has 25 heavy (non-hydrogen) atoms. The number of para-hydroxylation sites is 1. The lowest BCUT2D eigenvalue weighted by Gasteiger charge is -2.19. The Morgan fingerprint density at radius 3 is 2.60 bits per heavy atom. The van der Waals surface area contributed by atoms with Gasteiger partial charge in [0.05, 0.1) is 6.61 Å². The second kappa shape index (κ2) is 11.9. The number of halogens is 1. The fourth-order valence-electron chi connectivity index (χ4n) is 1.88. The van der Waals surface area contributed by atoms with Crippen LogP contribution in [0.25, 0.3) is 0 Å². The van der Waals surface area contributed by atoms with Gasteiger partial charge in [-0.05, 0) is 33.3 Å². The van der Waals surface area contributed by atoms with Crippen molar-refractivity contribution < 1.29 is 14.3 Å². The van der Waals surface area contributed by atoms with E-state index < -0.39 is 11.7 Å². The van der Waals surface area contributed by atoms with E-state index in [2.05, 4.69) is 15.6 Å². The van der Waals surface area contributed by atoms with Crippen LogP contribution in [-0.2, 0) is 16.1 Å². The van der Waals surface area contributed by atoms with Crippen molar-refractivity contribution >= 4 is 41.7 Å². The minimum atomic E-state index is -0.494. The van der Waals surface area contributed by atoms with Crippen LogP contribution in [0.4, 0.5) is 10.5 Å². The summed E-state index contributed by atoms with van der Waals surface area (Å²) in [5, 5.41) is 5.74. The Balaban J connectivity index is 0.00000576. The fourth-order valence-corrected chi connectivity index (χ4v) is 1.88. The number of nitrogens with one attached hydrogen (secondary N) is 2. The number of nitrogens with zero attached hydrogens (tertiary/aromatic N) is 1. The van der Waals surface area contributed by atoms with Gasteiger partial charge in [0, 0.05) is 31.5 Å². The lowest BCUT2D eigenvalue weighted by atomic mass is 10.2. The maximum Gasteiger partial charge on any atom is 0.407 e. The van der Waals surface area contributed by atoms with Gasteiger partial charge in [-0.1, -0.05) is 18.2 Å².